The number of carbonyl (C=O) groups excluding carboxylic acids is 1. The van der Waals surface area contributed by atoms with E-state index in [-0.39, 0.29) is 22.8 Å². The van der Waals surface area contributed by atoms with Crippen LogP contribution in [0.3, 0.4) is 0 Å². The van der Waals surface area contributed by atoms with Crippen LogP contribution in [0.2, 0.25) is 0 Å². The lowest BCUT2D eigenvalue weighted by molar-refractivity contribution is 0.0988. The summed E-state index contributed by atoms with van der Waals surface area (Å²) in [7, 11) is 2.02. The van der Waals surface area contributed by atoms with Crippen LogP contribution in [0.15, 0.2) is 18.2 Å². The SMILES string of the molecule is Br.CCC(=O)c1ccc2[nH]c3c(c2c1)CC(CNC)CC3. The van der Waals surface area contributed by atoms with E-state index in [9.17, 15) is 4.79 Å². The third-order valence-corrected chi connectivity index (χ3v) is 4.43. The van der Waals surface area contributed by atoms with Gasteiger partial charge in [-0.3, -0.25) is 4.79 Å². The molecule has 0 saturated heterocycles. The Morgan fingerprint density at radius 1 is 1.43 bits per heavy atom. The van der Waals surface area contributed by atoms with Crippen LogP contribution < -0.4 is 5.32 Å². The van der Waals surface area contributed by atoms with Gasteiger partial charge in [-0.1, -0.05) is 6.92 Å². The minimum absolute atomic E-state index is 0. The molecule has 0 radical (unpaired) electrons. The number of rotatable bonds is 4. The summed E-state index contributed by atoms with van der Waals surface area (Å²) in [6.45, 7) is 2.99. The van der Waals surface area contributed by atoms with Crippen molar-refractivity contribution in [1.82, 2.24) is 10.3 Å². The van der Waals surface area contributed by atoms with Gasteiger partial charge in [-0.25, -0.2) is 0 Å². The van der Waals surface area contributed by atoms with Crippen molar-refractivity contribution in [2.45, 2.75) is 32.6 Å². The van der Waals surface area contributed by atoms with E-state index in [1.54, 1.807) is 0 Å². The summed E-state index contributed by atoms with van der Waals surface area (Å²) >= 11 is 0. The average Bonchev–Trinajstić information content (AvgIpc) is 2.84. The lowest BCUT2D eigenvalue weighted by Crippen LogP contribution is -2.24. The number of H-pyrrole nitrogens is 1. The van der Waals surface area contributed by atoms with Gasteiger partial charge in [-0.2, -0.15) is 0 Å². The van der Waals surface area contributed by atoms with E-state index in [0.717, 1.165) is 24.9 Å². The molecule has 114 valence electrons. The summed E-state index contributed by atoms with van der Waals surface area (Å²) in [5.74, 6) is 0.932. The molecule has 3 rings (SSSR count). The van der Waals surface area contributed by atoms with Crippen LogP contribution >= 0.6 is 17.0 Å². The third kappa shape index (κ3) is 3.06. The maximum atomic E-state index is 11.9. The first-order valence-corrected chi connectivity index (χ1v) is 7.54. The molecule has 1 heterocycles. The van der Waals surface area contributed by atoms with Crippen LogP contribution in [0.1, 0.15) is 41.4 Å². The number of nitrogens with one attached hydrogen (secondary N) is 2. The number of halogens is 1. The Morgan fingerprint density at radius 3 is 2.95 bits per heavy atom. The fourth-order valence-electron chi connectivity index (χ4n) is 3.33. The molecule has 3 nitrogen and oxygen atoms in total. The van der Waals surface area contributed by atoms with Crippen molar-refractivity contribution < 1.29 is 4.79 Å². The molecular formula is C17H23BrN2O. The Hall–Kier alpha value is -1.13. The second kappa shape index (κ2) is 6.75. The predicted molar refractivity (Wildman–Crippen MR) is 92.7 cm³/mol. The van der Waals surface area contributed by atoms with Gasteiger partial charge in [0.2, 0.25) is 0 Å². The number of carbonyl (C=O) groups is 1. The first kappa shape index (κ1) is 16.2. The molecule has 1 aromatic heterocycles. The number of Topliss-reactive ketones (excluding diaryl/α,β-unsaturated/α-hetero) is 1. The molecule has 0 bridgehead atoms. The largest absolute Gasteiger partial charge is 0.358 e. The zero-order chi connectivity index (χ0) is 14.1. The number of aromatic nitrogens is 1. The van der Waals surface area contributed by atoms with Crippen molar-refractivity contribution in [2.75, 3.05) is 13.6 Å². The monoisotopic (exact) mass is 350 g/mol. The number of benzene rings is 1. The van der Waals surface area contributed by atoms with Crippen molar-refractivity contribution in [3.8, 4) is 0 Å². The molecule has 0 aliphatic heterocycles. The molecule has 21 heavy (non-hydrogen) atoms. The maximum Gasteiger partial charge on any atom is 0.162 e. The van der Waals surface area contributed by atoms with Crippen LogP contribution in [0.25, 0.3) is 10.9 Å². The Morgan fingerprint density at radius 2 is 2.24 bits per heavy atom. The van der Waals surface area contributed by atoms with Crippen LogP contribution in [0.5, 0.6) is 0 Å². The summed E-state index contributed by atoms with van der Waals surface area (Å²) in [6, 6.07) is 6.09. The van der Waals surface area contributed by atoms with Gasteiger partial charge in [0.15, 0.2) is 5.78 Å². The van der Waals surface area contributed by atoms with Crippen molar-refractivity contribution in [3.05, 3.63) is 35.0 Å². The number of aryl methyl sites for hydroxylation is 1. The van der Waals surface area contributed by atoms with E-state index in [4.69, 9.17) is 0 Å². The number of ketones is 1. The molecule has 1 aromatic carbocycles. The van der Waals surface area contributed by atoms with Crippen LogP contribution in [0, 0.1) is 5.92 Å². The normalized spacial score (nSPS) is 17.3. The lowest BCUT2D eigenvalue weighted by Gasteiger charge is -2.22. The Balaban J connectivity index is 0.00000161. The summed E-state index contributed by atoms with van der Waals surface area (Å²) in [6.07, 6.45) is 4.04. The minimum Gasteiger partial charge on any atom is -0.358 e. The predicted octanol–water partition coefficient (Wildman–Crippen LogP) is 3.66. The van der Waals surface area contributed by atoms with Crippen LogP contribution in [-0.4, -0.2) is 24.4 Å². The molecule has 0 spiro atoms. The van der Waals surface area contributed by atoms with Gasteiger partial charge in [-0.15, -0.1) is 17.0 Å². The van der Waals surface area contributed by atoms with E-state index < -0.39 is 0 Å². The van der Waals surface area contributed by atoms with Crippen molar-refractivity contribution in [3.63, 3.8) is 0 Å². The average molecular weight is 351 g/mol. The molecule has 0 amide bonds. The standard InChI is InChI=1S/C17H22N2O.BrH/c1-3-17(20)12-5-7-16-14(9-12)13-8-11(10-18-2)4-6-15(13)19-16;/h5,7,9,11,18-19H,3-4,6,8,10H2,1-2H3;1H. The molecular weight excluding hydrogens is 328 g/mol. The van der Waals surface area contributed by atoms with E-state index in [2.05, 4.69) is 22.4 Å². The minimum atomic E-state index is 0. The van der Waals surface area contributed by atoms with Gasteiger partial charge in [0.05, 0.1) is 0 Å². The molecule has 2 N–H and O–H groups in total. The Labute approximate surface area is 136 Å². The topological polar surface area (TPSA) is 44.9 Å². The second-order valence-electron chi connectivity index (χ2n) is 5.79. The van der Waals surface area contributed by atoms with Crippen LogP contribution in [-0.2, 0) is 12.8 Å². The summed E-state index contributed by atoms with van der Waals surface area (Å²) in [5, 5.41) is 4.53. The molecule has 4 heteroatoms. The second-order valence-corrected chi connectivity index (χ2v) is 5.79. The first-order valence-electron chi connectivity index (χ1n) is 7.54. The number of fused-ring (bicyclic) bond motifs is 3. The smallest absolute Gasteiger partial charge is 0.162 e. The summed E-state index contributed by atoms with van der Waals surface area (Å²) < 4.78 is 0. The maximum absolute atomic E-state index is 11.9. The van der Waals surface area contributed by atoms with Crippen molar-refractivity contribution in [1.29, 1.82) is 0 Å². The van der Waals surface area contributed by atoms with Crippen molar-refractivity contribution in [2.24, 2.45) is 5.92 Å². The van der Waals surface area contributed by atoms with Crippen LogP contribution in [0.4, 0.5) is 0 Å². The molecule has 0 fully saturated rings. The van der Waals surface area contributed by atoms with E-state index >= 15 is 0 Å². The van der Waals surface area contributed by atoms with Crippen molar-refractivity contribution >= 4 is 33.7 Å². The molecule has 0 saturated carbocycles. The fourth-order valence-corrected chi connectivity index (χ4v) is 3.33. The fraction of sp³-hybridized carbons (Fsp3) is 0.471. The van der Waals surface area contributed by atoms with Gasteiger partial charge >= 0.3 is 0 Å². The Bertz CT molecular complexity index is 648. The zero-order valence-corrected chi connectivity index (χ0v) is 14.4. The van der Waals surface area contributed by atoms with Gasteiger partial charge < -0.3 is 10.3 Å². The van der Waals surface area contributed by atoms with Gasteiger partial charge in [-0.05, 0) is 62.5 Å². The van der Waals surface area contributed by atoms with Gasteiger partial charge in [0.25, 0.3) is 0 Å². The third-order valence-electron chi connectivity index (χ3n) is 4.43. The highest BCUT2D eigenvalue weighted by Gasteiger charge is 2.22. The number of hydrogen-bond acceptors (Lipinski definition) is 2. The van der Waals surface area contributed by atoms with E-state index in [1.165, 1.54) is 28.6 Å². The zero-order valence-electron chi connectivity index (χ0n) is 12.7. The number of aromatic amines is 1. The van der Waals surface area contributed by atoms with E-state index in [0.29, 0.717) is 12.3 Å². The highest BCUT2D eigenvalue weighted by atomic mass is 79.9. The quantitative estimate of drug-likeness (QED) is 0.826. The Kier molecular flexibility index (Phi) is 5.22. The lowest BCUT2D eigenvalue weighted by atomic mass is 9.86. The highest BCUT2D eigenvalue weighted by molar-refractivity contribution is 8.93. The highest BCUT2D eigenvalue weighted by Crippen LogP contribution is 2.32. The molecule has 1 aliphatic rings. The first-order chi connectivity index (χ1) is 9.72. The van der Waals surface area contributed by atoms with Gasteiger partial charge in [0, 0.05) is 28.6 Å². The molecule has 1 atom stereocenters. The summed E-state index contributed by atoms with van der Waals surface area (Å²) in [4.78, 5) is 15.4. The number of hydrogen-bond donors (Lipinski definition) is 2. The molecule has 1 aliphatic carbocycles. The molecule has 2 aromatic rings. The summed E-state index contributed by atoms with van der Waals surface area (Å²) in [5.41, 5.74) is 4.82. The van der Waals surface area contributed by atoms with E-state index in [1.807, 2.05) is 20.0 Å². The molecule has 1 unspecified atom stereocenters. The van der Waals surface area contributed by atoms with Gasteiger partial charge in [0.1, 0.15) is 0 Å².